The van der Waals surface area contributed by atoms with Crippen LogP contribution in [0.2, 0.25) is 0 Å². The zero-order valence-corrected chi connectivity index (χ0v) is 17.1. The van der Waals surface area contributed by atoms with E-state index < -0.39 is 22.7 Å². The summed E-state index contributed by atoms with van der Waals surface area (Å²) < 4.78 is 65.5. The molecule has 30 heavy (non-hydrogen) atoms. The Morgan fingerprint density at radius 3 is 2.70 bits per heavy atom. The molecule has 1 aromatic carbocycles. The van der Waals surface area contributed by atoms with E-state index in [4.69, 9.17) is 0 Å². The number of pyridine rings is 1. The predicted octanol–water partition coefficient (Wildman–Crippen LogP) is 2.88. The first-order valence-corrected chi connectivity index (χ1v) is 11.5. The maximum atomic E-state index is 12.6. The van der Waals surface area contributed by atoms with E-state index in [0.29, 0.717) is 30.6 Å². The summed E-state index contributed by atoms with van der Waals surface area (Å²) in [5.41, 5.74) is 2.23. The van der Waals surface area contributed by atoms with Crippen molar-refractivity contribution in [3.8, 4) is 0 Å². The Kier molecular flexibility index (Phi) is 5.45. The van der Waals surface area contributed by atoms with Crippen molar-refractivity contribution in [3.05, 3.63) is 36.3 Å². The van der Waals surface area contributed by atoms with E-state index in [1.807, 2.05) is 28.8 Å². The molecular formula is C19H22F3N5O2S. The minimum Gasteiger partial charge on any atom is -0.323 e. The number of alkyl halides is 3. The van der Waals surface area contributed by atoms with Gasteiger partial charge in [-0.1, -0.05) is 18.2 Å². The second-order valence-electron chi connectivity index (χ2n) is 7.66. The van der Waals surface area contributed by atoms with Crippen molar-refractivity contribution in [2.75, 3.05) is 12.8 Å². The molecule has 162 valence electrons. The third-order valence-electron chi connectivity index (χ3n) is 5.35. The second-order valence-corrected chi connectivity index (χ2v) is 9.49. The van der Waals surface area contributed by atoms with E-state index in [1.54, 1.807) is 6.20 Å². The normalized spacial score (nSPS) is 20.4. The van der Waals surface area contributed by atoms with Crippen LogP contribution in [0.1, 0.15) is 31.1 Å². The third kappa shape index (κ3) is 4.57. The molecular weight excluding hydrogens is 419 g/mol. The van der Waals surface area contributed by atoms with Crippen LogP contribution < -0.4 is 10.0 Å². The molecule has 1 aliphatic rings. The highest BCUT2D eigenvalue weighted by atomic mass is 32.2. The number of aromatic nitrogens is 3. The number of hydrogen-bond donors (Lipinski definition) is 2. The number of fused-ring (bicyclic) bond motifs is 3. The van der Waals surface area contributed by atoms with Crippen LogP contribution in [0.15, 0.2) is 30.5 Å². The molecule has 0 unspecified atom stereocenters. The molecule has 1 fully saturated rings. The van der Waals surface area contributed by atoms with Crippen molar-refractivity contribution >= 4 is 32.0 Å². The molecule has 2 aromatic heterocycles. The summed E-state index contributed by atoms with van der Waals surface area (Å²) in [5, 5.41) is 3.47. The highest BCUT2D eigenvalue weighted by Crippen LogP contribution is 2.36. The van der Waals surface area contributed by atoms with Crippen molar-refractivity contribution in [2.45, 2.75) is 44.1 Å². The lowest BCUT2D eigenvalue weighted by Gasteiger charge is -2.19. The lowest BCUT2D eigenvalue weighted by Crippen LogP contribution is -2.35. The molecule has 0 bridgehead atoms. The molecule has 1 aliphatic carbocycles. The molecule has 2 atom stereocenters. The Balaban J connectivity index is 1.73. The van der Waals surface area contributed by atoms with E-state index in [0.717, 1.165) is 22.7 Å². The Morgan fingerprint density at radius 1 is 1.20 bits per heavy atom. The van der Waals surface area contributed by atoms with Gasteiger partial charge < -0.3 is 9.88 Å². The number of para-hydroxylation sites is 1. The summed E-state index contributed by atoms with van der Waals surface area (Å²) in [6.45, 7) is -1.02. The van der Waals surface area contributed by atoms with Crippen LogP contribution in [0.5, 0.6) is 0 Å². The number of hydrogen-bond acceptors (Lipinski definition) is 5. The summed E-state index contributed by atoms with van der Waals surface area (Å²) in [4.78, 5) is 9.01. The zero-order valence-electron chi connectivity index (χ0n) is 16.3. The van der Waals surface area contributed by atoms with E-state index in [9.17, 15) is 21.6 Å². The lowest BCUT2D eigenvalue weighted by atomic mass is 10.1. The van der Waals surface area contributed by atoms with Crippen molar-refractivity contribution in [3.63, 3.8) is 0 Å². The van der Waals surface area contributed by atoms with Gasteiger partial charge in [0, 0.05) is 17.5 Å². The minimum atomic E-state index is -4.26. The Hall–Kier alpha value is -2.24. The van der Waals surface area contributed by atoms with Gasteiger partial charge in [0.25, 0.3) is 0 Å². The van der Waals surface area contributed by atoms with Gasteiger partial charge >= 0.3 is 6.18 Å². The van der Waals surface area contributed by atoms with Gasteiger partial charge in [0.1, 0.15) is 11.3 Å². The first-order valence-electron chi connectivity index (χ1n) is 9.60. The average molecular weight is 441 g/mol. The van der Waals surface area contributed by atoms with Gasteiger partial charge in [-0.25, -0.2) is 18.1 Å². The number of rotatable bonds is 6. The van der Waals surface area contributed by atoms with Crippen LogP contribution in [0.4, 0.5) is 13.2 Å². The molecule has 11 heteroatoms. The number of halogens is 3. The predicted molar refractivity (Wildman–Crippen MR) is 107 cm³/mol. The van der Waals surface area contributed by atoms with Crippen LogP contribution in [0.3, 0.4) is 0 Å². The summed E-state index contributed by atoms with van der Waals surface area (Å²) in [5.74, 6) is 0.523. The molecule has 7 nitrogen and oxygen atoms in total. The van der Waals surface area contributed by atoms with Gasteiger partial charge in [0.05, 0.1) is 36.6 Å². The number of benzene rings is 1. The smallest absolute Gasteiger partial charge is 0.323 e. The number of imidazole rings is 1. The van der Waals surface area contributed by atoms with Crippen molar-refractivity contribution < 1.29 is 21.6 Å². The maximum absolute atomic E-state index is 12.6. The number of nitrogens with zero attached hydrogens (tertiary/aromatic N) is 3. The fourth-order valence-corrected chi connectivity index (χ4v) is 4.52. The van der Waals surface area contributed by atoms with Crippen LogP contribution in [0, 0.1) is 0 Å². The molecule has 4 rings (SSSR count). The first-order chi connectivity index (χ1) is 14.1. The Labute approximate surface area is 171 Å². The highest BCUT2D eigenvalue weighted by molar-refractivity contribution is 7.88. The lowest BCUT2D eigenvalue weighted by molar-refractivity contribution is -0.126. The van der Waals surface area contributed by atoms with Crippen molar-refractivity contribution in [2.24, 2.45) is 0 Å². The fourth-order valence-electron chi connectivity index (χ4n) is 4.12. The first kappa shape index (κ1) is 21.0. The van der Waals surface area contributed by atoms with E-state index in [1.165, 1.54) is 0 Å². The van der Waals surface area contributed by atoms with Gasteiger partial charge in [-0.15, -0.1) is 0 Å². The Bertz CT molecular complexity index is 1180. The molecule has 3 aromatic rings. The highest BCUT2D eigenvalue weighted by Gasteiger charge is 2.33. The van der Waals surface area contributed by atoms with Crippen molar-refractivity contribution in [1.29, 1.82) is 0 Å². The van der Waals surface area contributed by atoms with Crippen LogP contribution in [-0.2, 0) is 16.6 Å². The van der Waals surface area contributed by atoms with Gasteiger partial charge in [-0.2, -0.15) is 13.2 Å². The molecule has 2 heterocycles. The van der Waals surface area contributed by atoms with E-state index in [2.05, 4.69) is 20.0 Å². The molecule has 0 aliphatic heterocycles. The molecule has 0 amide bonds. The quantitative estimate of drug-likeness (QED) is 0.614. The standard InChI is InChI=1S/C19H22F3N5O2S/c1-30(28,29)25-10-17-26-16-9-23-15-5-3-2-4-14(15)18(16)27(17)13-7-6-12(8-13)24-11-19(20,21)22/h2-5,9,12-13,24-25H,6-8,10-11H2,1H3/t12-,13+/m1/s1. The molecule has 1 saturated carbocycles. The van der Waals surface area contributed by atoms with E-state index in [-0.39, 0.29) is 18.6 Å². The Morgan fingerprint density at radius 2 is 1.97 bits per heavy atom. The monoisotopic (exact) mass is 441 g/mol. The van der Waals surface area contributed by atoms with Gasteiger partial charge in [0.15, 0.2) is 0 Å². The number of nitrogens with one attached hydrogen (secondary N) is 2. The fraction of sp³-hybridized carbons (Fsp3) is 0.474. The maximum Gasteiger partial charge on any atom is 0.401 e. The summed E-state index contributed by atoms with van der Waals surface area (Å²) in [7, 11) is -3.43. The molecule has 0 spiro atoms. The van der Waals surface area contributed by atoms with Gasteiger partial charge in [-0.05, 0) is 25.3 Å². The molecule has 0 radical (unpaired) electrons. The summed E-state index contributed by atoms with van der Waals surface area (Å²) in [6.07, 6.45) is 0.234. The average Bonchev–Trinajstić information content (AvgIpc) is 3.27. The topological polar surface area (TPSA) is 88.9 Å². The summed E-state index contributed by atoms with van der Waals surface area (Å²) in [6, 6.07) is 7.20. The zero-order chi connectivity index (χ0) is 21.5. The second kappa shape index (κ2) is 7.78. The van der Waals surface area contributed by atoms with Gasteiger partial charge in [0.2, 0.25) is 10.0 Å². The van der Waals surface area contributed by atoms with Crippen molar-refractivity contribution in [1.82, 2.24) is 24.6 Å². The molecule has 2 N–H and O–H groups in total. The van der Waals surface area contributed by atoms with E-state index >= 15 is 0 Å². The van der Waals surface area contributed by atoms with Gasteiger partial charge in [-0.3, -0.25) is 4.98 Å². The number of sulfonamides is 1. The SMILES string of the molecule is CS(=O)(=O)NCc1nc2cnc3ccccc3c2n1[C@H]1CC[C@@H](NCC(F)(F)F)C1. The van der Waals surface area contributed by atoms with Crippen LogP contribution >= 0.6 is 0 Å². The minimum absolute atomic E-state index is 0.00101. The van der Waals surface area contributed by atoms with Crippen LogP contribution in [-0.4, -0.2) is 48.0 Å². The third-order valence-corrected chi connectivity index (χ3v) is 6.02. The largest absolute Gasteiger partial charge is 0.401 e. The van der Waals surface area contributed by atoms with Crippen LogP contribution in [0.25, 0.3) is 21.9 Å². The molecule has 0 saturated heterocycles. The summed E-state index contributed by atoms with van der Waals surface area (Å²) >= 11 is 0.